The second kappa shape index (κ2) is 9.82. The molecule has 0 fully saturated rings. The van der Waals surface area contributed by atoms with E-state index in [1.165, 1.54) is 5.19 Å². The molecule has 168 valence electrons. The van der Waals surface area contributed by atoms with Crippen molar-refractivity contribution in [2.24, 2.45) is 5.92 Å². The van der Waals surface area contributed by atoms with E-state index in [0.29, 0.717) is 13.1 Å². The summed E-state index contributed by atoms with van der Waals surface area (Å²) in [5.74, 6) is -0.398. The maximum atomic E-state index is 13.6. The van der Waals surface area contributed by atoms with Crippen LogP contribution in [0.1, 0.15) is 48.5 Å². The highest BCUT2D eigenvalue weighted by atomic mass is 28.3. The summed E-state index contributed by atoms with van der Waals surface area (Å²) in [7, 11) is -2.11. The van der Waals surface area contributed by atoms with E-state index >= 15 is 0 Å². The molecular weight excluding hydrogens is 392 g/mol. The Bertz CT molecular complexity index is 751. The smallest absolute Gasteiger partial charge is 0.408 e. The minimum Gasteiger partial charge on any atom is -0.444 e. The van der Waals surface area contributed by atoms with Gasteiger partial charge < -0.3 is 15.0 Å². The van der Waals surface area contributed by atoms with Crippen LogP contribution >= 0.6 is 0 Å². The van der Waals surface area contributed by atoms with E-state index in [9.17, 15) is 9.59 Å². The fourth-order valence-corrected chi connectivity index (χ4v) is 6.40. The molecule has 0 aliphatic rings. The SMILES string of the molecule is C=C(C(C)C(C)(NC(=O)OC(C)(C)C)C(=O)N(CC)CC)[Si](C)(C)c1ccccc1. The fraction of sp³-hybridized carbons (Fsp3) is 0.583. The molecule has 2 amide bonds. The predicted octanol–water partition coefficient (Wildman–Crippen LogP) is 4.49. The van der Waals surface area contributed by atoms with Crippen molar-refractivity contribution in [3.63, 3.8) is 0 Å². The number of nitrogens with zero attached hydrogens (tertiary/aromatic N) is 1. The first-order chi connectivity index (χ1) is 13.7. The van der Waals surface area contributed by atoms with E-state index in [1.807, 2.05) is 59.7 Å². The average molecular weight is 433 g/mol. The van der Waals surface area contributed by atoms with Crippen molar-refractivity contribution in [1.29, 1.82) is 0 Å². The summed E-state index contributed by atoms with van der Waals surface area (Å²) in [5, 5.41) is 5.17. The number of amides is 2. The van der Waals surface area contributed by atoms with Crippen molar-refractivity contribution in [2.75, 3.05) is 13.1 Å². The standard InChI is InChI=1S/C24H40N2O3Si/c1-11-26(12-2)21(27)24(8,25-22(28)29-23(5,6)7)18(3)19(4)30(9,10)20-16-14-13-15-17-20/h13-18H,4,11-12H2,1-3,5-10H3,(H,25,28). The Morgan fingerprint density at radius 3 is 2.03 bits per heavy atom. The van der Waals surface area contributed by atoms with Crippen LogP contribution in [0.2, 0.25) is 13.1 Å². The molecule has 0 bridgehead atoms. The summed E-state index contributed by atoms with van der Waals surface area (Å²) in [5.41, 5.74) is -1.81. The summed E-state index contributed by atoms with van der Waals surface area (Å²) >= 11 is 0. The second-order valence-corrected chi connectivity index (χ2v) is 14.0. The third-order valence-corrected chi connectivity index (χ3v) is 9.76. The largest absolute Gasteiger partial charge is 0.444 e. The second-order valence-electron chi connectivity index (χ2n) is 9.54. The Hall–Kier alpha value is -2.08. The van der Waals surface area contributed by atoms with Gasteiger partial charge in [-0.15, -0.1) is 6.58 Å². The first-order valence-corrected chi connectivity index (χ1v) is 13.8. The number of ether oxygens (including phenoxy) is 1. The summed E-state index contributed by atoms with van der Waals surface area (Å²) in [6.45, 7) is 23.1. The Labute approximate surface area is 183 Å². The van der Waals surface area contributed by atoms with Crippen molar-refractivity contribution in [3.05, 3.63) is 42.1 Å². The molecule has 0 heterocycles. The maximum absolute atomic E-state index is 13.6. The molecule has 1 N–H and O–H groups in total. The van der Waals surface area contributed by atoms with E-state index in [4.69, 9.17) is 4.74 Å². The lowest BCUT2D eigenvalue weighted by atomic mass is 9.85. The van der Waals surface area contributed by atoms with Gasteiger partial charge in [-0.2, -0.15) is 0 Å². The van der Waals surface area contributed by atoms with Crippen LogP contribution in [-0.2, 0) is 9.53 Å². The minimum atomic E-state index is -2.11. The van der Waals surface area contributed by atoms with E-state index < -0.39 is 25.3 Å². The van der Waals surface area contributed by atoms with E-state index in [1.54, 1.807) is 11.8 Å². The Balaban J connectivity index is 3.36. The highest BCUT2D eigenvalue weighted by Crippen LogP contribution is 2.32. The quantitative estimate of drug-likeness (QED) is 0.616. The van der Waals surface area contributed by atoms with Gasteiger partial charge in [0.2, 0.25) is 5.91 Å². The lowest BCUT2D eigenvalue weighted by Gasteiger charge is -2.42. The Morgan fingerprint density at radius 2 is 1.60 bits per heavy atom. The molecule has 2 unspecified atom stereocenters. The molecule has 2 atom stereocenters. The van der Waals surface area contributed by atoms with Crippen LogP contribution in [0.15, 0.2) is 42.1 Å². The third kappa shape index (κ3) is 5.97. The van der Waals surface area contributed by atoms with Crippen LogP contribution in [0.3, 0.4) is 0 Å². The van der Waals surface area contributed by atoms with Crippen LogP contribution in [0.25, 0.3) is 0 Å². The van der Waals surface area contributed by atoms with Crippen molar-refractivity contribution in [3.8, 4) is 0 Å². The van der Waals surface area contributed by atoms with Gasteiger partial charge in [0.05, 0.1) is 0 Å². The molecule has 0 aliphatic carbocycles. The highest BCUT2D eigenvalue weighted by molar-refractivity contribution is 6.95. The minimum absolute atomic E-state index is 0.120. The number of benzene rings is 1. The van der Waals surface area contributed by atoms with Gasteiger partial charge in [0, 0.05) is 19.0 Å². The fourth-order valence-electron chi connectivity index (χ4n) is 3.63. The number of hydrogen-bond donors (Lipinski definition) is 1. The topological polar surface area (TPSA) is 58.6 Å². The van der Waals surface area contributed by atoms with Crippen LogP contribution in [0, 0.1) is 5.92 Å². The van der Waals surface area contributed by atoms with Gasteiger partial charge in [0.1, 0.15) is 19.2 Å². The number of rotatable bonds is 8. The van der Waals surface area contributed by atoms with Crippen molar-refractivity contribution >= 4 is 25.3 Å². The van der Waals surface area contributed by atoms with Crippen LogP contribution in [0.5, 0.6) is 0 Å². The van der Waals surface area contributed by atoms with Crippen molar-refractivity contribution in [2.45, 2.75) is 72.7 Å². The average Bonchev–Trinajstić information content (AvgIpc) is 2.66. The third-order valence-electron chi connectivity index (χ3n) is 5.94. The zero-order valence-electron chi connectivity index (χ0n) is 20.3. The molecule has 1 aromatic carbocycles. The molecule has 30 heavy (non-hydrogen) atoms. The molecule has 0 aromatic heterocycles. The van der Waals surface area contributed by atoms with Gasteiger partial charge in [0.25, 0.3) is 0 Å². The molecule has 5 nitrogen and oxygen atoms in total. The lowest BCUT2D eigenvalue weighted by molar-refractivity contribution is -0.138. The Kier molecular flexibility index (Phi) is 8.49. The predicted molar refractivity (Wildman–Crippen MR) is 128 cm³/mol. The summed E-state index contributed by atoms with van der Waals surface area (Å²) in [6, 6.07) is 10.3. The van der Waals surface area contributed by atoms with E-state index in [-0.39, 0.29) is 11.8 Å². The number of alkyl carbamates (subject to hydrolysis) is 1. The van der Waals surface area contributed by atoms with Gasteiger partial charge in [0.15, 0.2) is 0 Å². The lowest BCUT2D eigenvalue weighted by Crippen LogP contribution is -2.64. The molecule has 0 aliphatic heterocycles. The zero-order chi connectivity index (χ0) is 23.3. The van der Waals surface area contributed by atoms with E-state index in [2.05, 4.69) is 37.1 Å². The van der Waals surface area contributed by atoms with Crippen LogP contribution in [-0.4, -0.2) is 49.2 Å². The van der Waals surface area contributed by atoms with Crippen molar-refractivity contribution in [1.82, 2.24) is 10.2 Å². The summed E-state index contributed by atoms with van der Waals surface area (Å²) in [6.07, 6.45) is -0.593. The van der Waals surface area contributed by atoms with Gasteiger partial charge in [-0.3, -0.25) is 4.79 Å². The Morgan fingerprint density at radius 1 is 1.10 bits per heavy atom. The molecule has 1 rings (SSSR count). The number of likely N-dealkylation sites (N-methyl/N-ethyl adjacent to an activating group) is 1. The highest BCUT2D eigenvalue weighted by Gasteiger charge is 2.47. The number of nitrogens with one attached hydrogen (secondary N) is 1. The number of carbonyl (C=O) groups is 2. The molecule has 0 saturated heterocycles. The molecular formula is C24H40N2O3Si. The summed E-state index contributed by atoms with van der Waals surface area (Å²) in [4.78, 5) is 28.0. The normalized spacial score (nSPS) is 15.0. The van der Waals surface area contributed by atoms with Gasteiger partial charge >= 0.3 is 6.09 Å². The molecule has 0 spiro atoms. The molecule has 0 saturated carbocycles. The van der Waals surface area contributed by atoms with E-state index in [0.717, 1.165) is 5.20 Å². The van der Waals surface area contributed by atoms with Gasteiger partial charge in [-0.05, 0) is 41.5 Å². The summed E-state index contributed by atoms with van der Waals surface area (Å²) < 4.78 is 5.49. The van der Waals surface area contributed by atoms with Crippen LogP contribution in [0.4, 0.5) is 4.79 Å². The van der Waals surface area contributed by atoms with Crippen LogP contribution < -0.4 is 10.5 Å². The van der Waals surface area contributed by atoms with Gasteiger partial charge in [-0.1, -0.05) is 60.7 Å². The molecule has 0 radical (unpaired) electrons. The first kappa shape index (κ1) is 26.0. The van der Waals surface area contributed by atoms with Gasteiger partial charge in [-0.25, -0.2) is 4.79 Å². The number of hydrogen-bond acceptors (Lipinski definition) is 3. The zero-order valence-corrected chi connectivity index (χ0v) is 21.3. The first-order valence-electron chi connectivity index (χ1n) is 10.8. The number of carbonyl (C=O) groups excluding carboxylic acids is 2. The maximum Gasteiger partial charge on any atom is 0.408 e. The van der Waals surface area contributed by atoms with Crippen molar-refractivity contribution < 1.29 is 14.3 Å². The molecule has 1 aromatic rings. The monoisotopic (exact) mass is 432 g/mol. The molecule has 6 heteroatoms.